The molecular weight excluding hydrogens is 487 g/mol. The first kappa shape index (κ1) is 25.3. The second kappa shape index (κ2) is 10.9. The molecule has 0 aliphatic heterocycles. The van der Waals surface area contributed by atoms with Crippen LogP contribution in [0, 0.1) is 5.82 Å². The molecule has 0 bridgehead atoms. The first-order valence-electron chi connectivity index (χ1n) is 10.9. The van der Waals surface area contributed by atoms with Crippen molar-refractivity contribution in [2.24, 2.45) is 0 Å². The third-order valence-electron chi connectivity index (χ3n) is 5.51. The van der Waals surface area contributed by atoms with Crippen LogP contribution in [0.15, 0.2) is 78.1 Å². The molecule has 9 nitrogen and oxygen atoms in total. The van der Waals surface area contributed by atoms with Crippen LogP contribution in [0.4, 0.5) is 4.39 Å². The van der Waals surface area contributed by atoms with E-state index < -0.39 is 20.9 Å². The van der Waals surface area contributed by atoms with E-state index in [4.69, 9.17) is 9.47 Å². The van der Waals surface area contributed by atoms with Gasteiger partial charge in [0, 0.05) is 24.8 Å². The van der Waals surface area contributed by atoms with Gasteiger partial charge in [0.15, 0.2) is 11.6 Å². The lowest BCUT2D eigenvalue weighted by Gasteiger charge is -2.21. The highest BCUT2D eigenvalue weighted by Crippen LogP contribution is 2.25. The smallest absolute Gasteiger partial charge is 0.266 e. The Morgan fingerprint density at radius 3 is 2.00 bits per heavy atom. The molecule has 4 rings (SSSR count). The Bertz CT molecular complexity index is 1370. The highest BCUT2D eigenvalue weighted by molar-refractivity contribution is 7.89. The maximum Gasteiger partial charge on any atom is 0.266 e. The molecule has 0 fully saturated rings. The maximum absolute atomic E-state index is 15.0. The molecule has 0 atom stereocenters. The Morgan fingerprint density at radius 2 is 1.50 bits per heavy atom. The van der Waals surface area contributed by atoms with Crippen LogP contribution in [0.2, 0.25) is 0 Å². The van der Waals surface area contributed by atoms with E-state index in [0.717, 1.165) is 15.2 Å². The fraction of sp³-hybridized carbons (Fsp3) is 0.200. The number of ether oxygens (including phenoxy) is 2. The topological polar surface area (TPSA) is 107 Å². The lowest BCUT2D eigenvalue weighted by atomic mass is 10.2. The predicted octanol–water partition coefficient (Wildman–Crippen LogP) is 3.31. The average Bonchev–Trinajstić information content (AvgIpc) is 3.31. The van der Waals surface area contributed by atoms with Crippen molar-refractivity contribution in [3.63, 3.8) is 0 Å². The van der Waals surface area contributed by atoms with Gasteiger partial charge in [-0.1, -0.05) is 30.3 Å². The predicted molar refractivity (Wildman–Crippen MR) is 130 cm³/mol. The number of benzene rings is 2. The largest absolute Gasteiger partial charge is 0.497 e. The molecule has 0 unspecified atom stereocenters. The van der Waals surface area contributed by atoms with Gasteiger partial charge in [-0.2, -0.15) is 4.31 Å². The molecule has 0 saturated heterocycles. The minimum Gasteiger partial charge on any atom is -0.497 e. The van der Waals surface area contributed by atoms with Crippen molar-refractivity contribution in [3.8, 4) is 17.3 Å². The van der Waals surface area contributed by atoms with Crippen molar-refractivity contribution in [1.82, 2.24) is 19.1 Å². The summed E-state index contributed by atoms with van der Waals surface area (Å²) in [6.07, 6.45) is 2.38. The number of aliphatic hydroxyl groups is 1. The standard InChI is InChI=1S/C25H25FN4O5S/c1-34-21-9-5-18(6-10-21)14-29(15-19-7-11-22(35-2)12-8-19)36(32,33)25-23(26)16-30(28-25)24-20(17-31)4-3-13-27-24/h3-13,16,31H,14-15,17H2,1-2H3. The molecule has 11 heteroatoms. The summed E-state index contributed by atoms with van der Waals surface area (Å²) in [5, 5.41) is 12.9. The zero-order chi connectivity index (χ0) is 25.7. The maximum atomic E-state index is 15.0. The van der Waals surface area contributed by atoms with Crippen molar-refractivity contribution >= 4 is 10.0 Å². The molecule has 1 N–H and O–H groups in total. The van der Waals surface area contributed by atoms with Gasteiger partial charge in [-0.25, -0.2) is 22.5 Å². The van der Waals surface area contributed by atoms with E-state index >= 15 is 4.39 Å². The minimum absolute atomic E-state index is 0.0316. The molecule has 2 aromatic heterocycles. The molecule has 0 spiro atoms. The number of halogens is 1. The van der Waals surface area contributed by atoms with E-state index in [0.29, 0.717) is 28.2 Å². The van der Waals surface area contributed by atoms with Crippen molar-refractivity contribution in [2.75, 3.05) is 14.2 Å². The summed E-state index contributed by atoms with van der Waals surface area (Å²) in [5.41, 5.74) is 1.73. The first-order valence-corrected chi connectivity index (χ1v) is 12.4. The second-order valence-corrected chi connectivity index (χ2v) is 9.69. The van der Waals surface area contributed by atoms with Crippen LogP contribution < -0.4 is 9.47 Å². The molecule has 4 aromatic rings. The van der Waals surface area contributed by atoms with Gasteiger partial charge < -0.3 is 14.6 Å². The minimum atomic E-state index is -4.39. The van der Waals surface area contributed by atoms with Crippen molar-refractivity contribution < 1.29 is 27.4 Å². The third kappa shape index (κ3) is 5.38. The number of pyridine rings is 1. The molecule has 188 valence electrons. The Hall–Kier alpha value is -3.80. The quantitative estimate of drug-likeness (QED) is 0.347. The van der Waals surface area contributed by atoms with E-state index in [9.17, 15) is 13.5 Å². The highest BCUT2D eigenvalue weighted by Gasteiger charge is 2.32. The third-order valence-corrected chi connectivity index (χ3v) is 7.22. The van der Waals surface area contributed by atoms with Gasteiger partial charge in [-0.3, -0.25) is 0 Å². The summed E-state index contributed by atoms with van der Waals surface area (Å²) >= 11 is 0. The fourth-order valence-electron chi connectivity index (χ4n) is 3.60. The molecule has 0 aliphatic rings. The van der Waals surface area contributed by atoms with E-state index in [1.807, 2.05) is 0 Å². The van der Waals surface area contributed by atoms with Crippen molar-refractivity contribution in [1.29, 1.82) is 0 Å². The molecule has 36 heavy (non-hydrogen) atoms. The van der Waals surface area contributed by atoms with E-state index in [-0.39, 0.29) is 25.5 Å². The van der Waals surface area contributed by atoms with Gasteiger partial charge in [-0.15, -0.1) is 5.10 Å². The second-order valence-electron chi connectivity index (χ2n) is 7.84. The normalized spacial score (nSPS) is 11.6. The zero-order valence-corrected chi connectivity index (χ0v) is 20.5. The van der Waals surface area contributed by atoms with Crippen LogP contribution in [0.25, 0.3) is 5.82 Å². The first-order chi connectivity index (χ1) is 17.3. The molecule has 0 radical (unpaired) electrons. The lowest BCUT2D eigenvalue weighted by molar-refractivity contribution is 0.280. The summed E-state index contributed by atoms with van der Waals surface area (Å²) in [7, 11) is -1.31. The summed E-state index contributed by atoms with van der Waals surface area (Å²) in [6, 6.07) is 17.1. The molecular formula is C25H25FN4O5S. The Labute approximate surface area is 208 Å². The summed E-state index contributed by atoms with van der Waals surface area (Å²) in [6.45, 7) is -0.430. The van der Waals surface area contributed by atoms with Crippen LogP contribution in [0.3, 0.4) is 0 Å². The van der Waals surface area contributed by atoms with Crippen LogP contribution in [-0.4, -0.2) is 46.8 Å². The van der Waals surface area contributed by atoms with Crippen LogP contribution in [-0.2, 0) is 29.7 Å². The SMILES string of the molecule is COc1ccc(CN(Cc2ccc(OC)cc2)S(=O)(=O)c2nn(-c3ncccc3CO)cc2F)cc1. The van der Waals surface area contributed by atoms with Crippen LogP contribution >= 0.6 is 0 Å². The van der Waals surface area contributed by atoms with Gasteiger partial charge in [0.2, 0.25) is 5.03 Å². The van der Waals surface area contributed by atoms with Gasteiger partial charge >= 0.3 is 0 Å². The Morgan fingerprint density at radius 1 is 0.944 bits per heavy atom. The zero-order valence-electron chi connectivity index (χ0n) is 19.7. The van der Waals surface area contributed by atoms with Gasteiger partial charge in [-0.05, 0) is 41.5 Å². The highest BCUT2D eigenvalue weighted by atomic mass is 32.2. The van der Waals surface area contributed by atoms with Crippen molar-refractivity contribution in [2.45, 2.75) is 24.7 Å². The van der Waals surface area contributed by atoms with E-state index in [1.165, 1.54) is 6.20 Å². The summed E-state index contributed by atoms with van der Waals surface area (Å²) in [5.74, 6) is 0.363. The number of methoxy groups -OCH3 is 2. The number of hydrogen-bond acceptors (Lipinski definition) is 7. The molecule has 0 saturated carbocycles. The van der Waals surface area contributed by atoms with Crippen molar-refractivity contribution in [3.05, 3.63) is 95.6 Å². The summed E-state index contributed by atoms with van der Waals surface area (Å²) in [4.78, 5) is 4.11. The molecule has 0 aliphatic carbocycles. The molecule has 2 heterocycles. The van der Waals surface area contributed by atoms with E-state index in [2.05, 4.69) is 10.1 Å². The lowest BCUT2D eigenvalue weighted by Crippen LogP contribution is -2.31. The number of aromatic nitrogens is 3. The average molecular weight is 513 g/mol. The fourth-order valence-corrected chi connectivity index (χ4v) is 4.97. The number of sulfonamides is 1. The Kier molecular flexibility index (Phi) is 7.63. The van der Waals surface area contributed by atoms with Gasteiger partial charge in [0.05, 0.1) is 27.0 Å². The number of rotatable bonds is 10. The molecule has 0 amide bonds. The number of nitrogens with zero attached hydrogens (tertiary/aromatic N) is 4. The number of hydrogen-bond donors (Lipinski definition) is 1. The Balaban J connectivity index is 1.72. The van der Waals surface area contributed by atoms with E-state index in [1.54, 1.807) is 74.9 Å². The summed E-state index contributed by atoms with van der Waals surface area (Å²) < 4.78 is 55.0. The van der Waals surface area contributed by atoms with Gasteiger partial charge in [0.1, 0.15) is 11.5 Å². The number of aliphatic hydroxyl groups excluding tert-OH is 1. The van der Waals surface area contributed by atoms with Crippen LogP contribution in [0.1, 0.15) is 16.7 Å². The van der Waals surface area contributed by atoms with Gasteiger partial charge in [0.25, 0.3) is 10.0 Å². The van der Waals surface area contributed by atoms with Crippen LogP contribution in [0.5, 0.6) is 11.5 Å². The monoisotopic (exact) mass is 512 g/mol. The molecule has 2 aromatic carbocycles.